The maximum Gasteiger partial charge on any atom is 0.346 e. The van der Waals surface area contributed by atoms with Crippen LogP contribution in [0.2, 0.25) is 0 Å². The summed E-state index contributed by atoms with van der Waals surface area (Å²) < 4.78 is 0.303. The summed E-state index contributed by atoms with van der Waals surface area (Å²) in [6.45, 7) is 0. The van der Waals surface area contributed by atoms with Crippen molar-refractivity contribution in [2.75, 3.05) is 0 Å². The van der Waals surface area contributed by atoms with Crippen molar-refractivity contribution in [3.05, 3.63) is 20.3 Å². The van der Waals surface area contributed by atoms with Gasteiger partial charge >= 0.3 is 11.9 Å². The summed E-state index contributed by atoms with van der Waals surface area (Å²) in [5.74, 6) is -2.45. The SMILES string of the molecule is O=C(O)c1scc(Br)c1C(=O)O. The van der Waals surface area contributed by atoms with Crippen molar-refractivity contribution in [3.63, 3.8) is 0 Å². The van der Waals surface area contributed by atoms with Crippen LogP contribution in [0.15, 0.2) is 9.85 Å². The molecule has 4 nitrogen and oxygen atoms in total. The van der Waals surface area contributed by atoms with E-state index in [1.807, 2.05) is 0 Å². The Bertz CT molecular complexity index is 343. The molecule has 0 aliphatic carbocycles. The molecule has 0 aromatic carbocycles. The molecule has 0 aliphatic heterocycles. The molecule has 1 rings (SSSR count). The Morgan fingerprint density at radius 2 is 1.92 bits per heavy atom. The summed E-state index contributed by atoms with van der Waals surface area (Å²) in [6, 6.07) is 0. The van der Waals surface area contributed by atoms with Crippen LogP contribution in [-0.4, -0.2) is 22.2 Å². The highest BCUT2D eigenvalue weighted by molar-refractivity contribution is 9.10. The van der Waals surface area contributed by atoms with Crippen LogP contribution in [0.4, 0.5) is 0 Å². The smallest absolute Gasteiger partial charge is 0.346 e. The lowest BCUT2D eigenvalue weighted by atomic mass is 10.2. The minimum absolute atomic E-state index is 0.158. The first-order chi connectivity index (χ1) is 5.54. The Hall–Kier alpha value is -0.880. The third-order valence-electron chi connectivity index (χ3n) is 1.15. The van der Waals surface area contributed by atoms with Crippen molar-refractivity contribution < 1.29 is 19.8 Å². The number of hydrogen-bond donors (Lipinski definition) is 2. The zero-order chi connectivity index (χ0) is 9.30. The molecule has 12 heavy (non-hydrogen) atoms. The molecule has 0 saturated carbocycles. The second-order valence-electron chi connectivity index (χ2n) is 1.90. The first kappa shape index (κ1) is 9.21. The molecule has 2 N–H and O–H groups in total. The average Bonchev–Trinajstić information content (AvgIpc) is 2.30. The van der Waals surface area contributed by atoms with Crippen molar-refractivity contribution in [1.82, 2.24) is 0 Å². The zero-order valence-electron chi connectivity index (χ0n) is 5.57. The minimum Gasteiger partial charge on any atom is -0.478 e. The number of halogens is 1. The zero-order valence-corrected chi connectivity index (χ0v) is 7.98. The summed E-state index contributed by atoms with van der Waals surface area (Å²) in [5, 5.41) is 18.6. The highest BCUT2D eigenvalue weighted by Gasteiger charge is 2.21. The van der Waals surface area contributed by atoms with Crippen molar-refractivity contribution in [1.29, 1.82) is 0 Å². The molecule has 6 heteroatoms. The minimum atomic E-state index is -1.24. The lowest BCUT2D eigenvalue weighted by molar-refractivity contribution is 0.0655. The molecule has 0 aliphatic rings. The number of aromatic carboxylic acids is 2. The summed E-state index contributed by atoms with van der Waals surface area (Å²) in [6.07, 6.45) is 0. The maximum absolute atomic E-state index is 10.5. The van der Waals surface area contributed by atoms with Gasteiger partial charge in [-0.05, 0) is 15.9 Å². The Balaban J connectivity index is 3.31. The Kier molecular flexibility index (Phi) is 2.49. The Labute approximate surface area is 79.6 Å². The number of rotatable bonds is 2. The first-order valence-corrected chi connectivity index (χ1v) is 4.45. The van der Waals surface area contributed by atoms with E-state index in [0.29, 0.717) is 4.47 Å². The monoisotopic (exact) mass is 250 g/mol. The van der Waals surface area contributed by atoms with Gasteiger partial charge in [0.05, 0.1) is 5.56 Å². The van der Waals surface area contributed by atoms with Gasteiger partial charge in [-0.2, -0.15) is 0 Å². The van der Waals surface area contributed by atoms with Crippen molar-refractivity contribution in [3.8, 4) is 0 Å². The van der Waals surface area contributed by atoms with Crippen LogP contribution in [0.5, 0.6) is 0 Å². The van der Waals surface area contributed by atoms with E-state index in [1.165, 1.54) is 5.38 Å². The van der Waals surface area contributed by atoms with Gasteiger partial charge in [-0.1, -0.05) is 0 Å². The van der Waals surface area contributed by atoms with E-state index in [1.54, 1.807) is 0 Å². The van der Waals surface area contributed by atoms with Crippen LogP contribution in [0, 0.1) is 0 Å². The van der Waals surface area contributed by atoms with Crippen LogP contribution in [0.3, 0.4) is 0 Å². The number of carboxylic acid groups (broad SMARTS) is 2. The van der Waals surface area contributed by atoms with E-state index in [-0.39, 0.29) is 10.4 Å². The van der Waals surface area contributed by atoms with E-state index in [0.717, 1.165) is 11.3 Å². The summed E-state index contributed by atoms with van der Waals surface area (Å²) >= 11 is 3.84. The van der Waals surface area contributed by atoms with Gasteiger partial charge in [-0.3, -0.25) is 0 Å². The van der Waals surface area contributed by atoms with Gasteiger partial charge in [0.1, 0.15) is 4.88 Å². The fourth-order valence-electron chi connectivity index (χ4n) is 0.694. The lowest BCUT2D eigenvalue weighted by Gasteiger charge is -1.92. The van der Waals surface area contributed by atoms with E-state index in [9.17, 15) is 9.59 Å². The average molecular weight is 251 g/mol. The molecule has 0 spiro atoms. The topological polar surface area (TPSA) is 74.6 Å². The van der Waals surface area contributed by atoms with Gasteiger partial charge in [-0.15, -0.1) is 11.3 Å². The highest BCUT2D eigenvalue weighted by Crippen LogP contribution is 2.27. The third kappa shape index (κ3) is 1.49. The number of carboxylic acids is 2. The largest absolute Gasteiger partial charge is 0.478 e. The number of hydrogen-bond acceptors (Lipinski definition) is 3. The van der Waals surface area contributed by atoms with E-state index in [2.05, 4.69) is 15.9 Å². The van der Waals surface area contributed by atoms with Gasteiger partial charge in [0.2, 0.25) is 0 Å². The lowest BCUT2D eigenvalue weighted by Crippen LogP contribution is -2.04. The van der Waals surface area contributed by atoms with Gasteiger partial charge in [0.25, 0.3) is 0 Å². The first-order valence-electron chi connectivity index (χ1n) is 2.77. The normalized spacial score (nSPS) is 9.75. The van der Waals surface area contributed by atoms with Gasteiger partial charge in [-0.25, -0.2) is 9.59 Å². The number of thiophene rings is 1. The van der Waals surface area contributed by atoms with Gasteiger partial charge < -0.3 is 10.2 Å². The molecular weight excluding hydrogens is 248 g/mol. The molecule has 0 amide bonds. The molecule has 0 unspecified atom stereocenters. The maximum atomic E-state index is 10.5. The molecule has 1 aromatic rings. The molecule has 1 heterocycles. The molecule has 0 bridgehead atoms. The molecular formula is C6H3BrO4S. The van der Waals surface area contributed by atoms with E-state index in [4.69, 9.17) is 10.2 Å². The third-order valence-corrected chi connectivity index (χ3v) is 3.05. The quantitative estimate of drug-likeness (QED) is 0.841. The Morgan fingerprint density at radius 3 is 2.25 bits per heavy atom. The van der Waals surface area contributed by atoms with Crippen LogP contribution in [0.1, 0.15) is 20.0 Å². The predicted octanol–water partition coefficient (Wildman–Crippen LogP) is 1.91. The van der Waals surface area contributed by atoms with Crippen LogP contribution >= 0.6 is 27.3 Å². The standard InChI is InChI=1S/C6H3BrO4S/c7-2-1-12-4(6(10)11)3(2)5(8)9/h1H,(H,8,9)(H,10,11). The highest BCUT2D eigenvalue weighted by atomic mass is 79.9. The van der Waals surface area contributed by atoms with Crippen molar-refractivity contribution in [2.45, 2.75) is 0 Å². The summed E-state index contributed by atoms with van der Waals surface area (Å²) in [7, 11) is 0. The van der Waals surface area contributed by atoms with Crippen molar-refractivity contribution >= 4 is 39.2 Å². The molecule has 0 atom stereocenters. The fraction of sp³-hybridized carbons (Fsp3) is 0. The number of carbonyl (C=O) groups is 2. The summed E-state index contributed by atoms with van der Waals surface area (Å²) in [4.78, 5) is 20.8. The second kappa shape index (κ2) is 3.24. The van der Waals surface area contributed by atoms with Crippen molar-refractivity contribution in [2.24, 2.45) is 0 Å². The van der Waals surface area contributed by atoms with E-state index < -0.39 is 11.9 Å². The van der Waals surface area contributed by atoms with Crippen LogP contribution in [-0.2, 0) is 0 Å². The van der Waals surface area contributed by atoms with E-state index >= 15 is 0 Å². The van der Waals surface area contributed by atoms with Gasteiger partial charge in [0, 0.05) is 9.85 Å². The predicted molar refractivity (Wildman–Crippen MR) is 45.9 cm³/mol. The van der Waals surface area contributed by atoms with Crippen LogP contribution in [0.25, 0.3) is 0 Å². The molecule has 0 fully saturated rings. The molecule has 1 aromatic heterocycles. The van der Waals surface area contributed by atoms with Gasteiger partial charge in [0.15, 0.2) is 0 Å². The molecule has 64 valence electrons. The van der Waals surface area contributed by atoms with Crippen LogP contribution < -0.4 is 0 Å². The Morgan fingerprint density at radius 1 is 1.33 bits per heavy atom. The summed E-state index contributed by atoms with van der Waals surface area (Å²) in [5.41, 5.74) is -0.187. The molecule has 0 saturated heterocycles. The second-order valence-corrected chi connectivity index (χ2v) is 3.63. The fourth-order valence-corrected chi connectivity index (χ4v) is 2.23. The molecule has 0 radical (unpaired) electrons.